The lowest BCUT2D eigenvalue weighted by molar-refractivity contribution is -0.125. The van der Waals surface area contributed by atoms with E-state index in [2.05, 4.69) is 10.0 Å². The molecule has 2 aromatic rings. The zero-order chi connectivity index (χ0) is 19.3. The highest BCUT2D eigenvalue weighted by atomic mass is 35.5. The summed E-state index contributed by atoms with van der Waals surface area (Å²) < 4.78 is 26.2. The highest BCUT2D eigenvalue weighted by Crippen LogP contribution is 2.22. The molecule has 4 N–H and O–H groups in total. The first-order valence-corrected chi connectivity index (χ1v) is 9.89. The molecule has 0 saturated heterocycles. The van der Waals surface area contributed by atoms with Crippen LogP contribution in [-0.2, 0) is 14.8 Å². The van der Waals surface area contributed by atoms with Crippen LogP contribution >= 0.6 is 12.4 Å². The minimum Gasteiger partial charge on any atom is -0.349 e. The zero-order valence-electron chi connectivity index (χ0n) is 15.5. The molecule has 8 heteroatoms. The second-order valence-corrected chi connectivity index (χ2v) is 8.12. The second-order valence-electron chi connectivity index (χ2n) is 6.24. The van der Waals surface area contributed by atoms with Gasteiger partial charge in [-0.1, -0.05) is 49.4 Å². The molecule has 148 valence electrons. The van der Waals surface area contributed by atoms with Crippen LogP contribution in [0.4, 0.5) is 0 Å². The van der Waals surface area contributed by atoms with Crippen LogP contribution in [0.25, 0.3) is 0 Å². The lowest BCUT2D eigenvalue weighted by atomic mass is 9.94. The summed E-state index contributed by atoms with van der Waals surface area (Å²) in [5.41, 5.74) is 7.80. The predicted octanol–water partition coefficient (Wildman–Crippen LogP) is 2.53. The quantitative estimate of drug-likeness (QED) is 0.651. The number of hydrogen-bond donors (Lipinski definition) is 3. The number of sulfonamides is 1. The van der Waals surface area contributed by atoms with Crippen LogP contribution in [0.3, 0.4) is 0 Å². The van der Waals surface area contributed by atoms with Gasteiger partial charge in [-0.25, -0.2) is 13.1 Å². The van der Waals surface area contributed by atoms with Crippen LogP contribution in [0, 0.1) is 5.92 Å². The van der Waals surface area contributed by atoms with E-state index < -0.39 is 22.0 Å². The van der Waals surface area contributed by atoms with Gasteiger partial charge in [-0.05, 0) is 37.2 Å². The monoisotopic (exact) mass is 411 g/mol. The van der Waals surface area contributed by atoms with Crippen LogP contribution in [0.1, 0.15) is 37.1 Å². The van der Waals surface area contributed by atoms with Crippen LogP contribution < -0.4 is 15.8 Å². The van der Waals surface area contributed by atoms with Gasteiger partial charge in [0, 0.05) is 6.04 Å². The number of carbonyl (C=O) groups excluding carboxylic acids is 1. The molecule has 1 amide bonds. The molecule has 27 heavy (non-hydrogen) atoms. The van der Waals surface area contributed by atoms with E-state index >= 15 is 0 Å². The van der Waals surface area contributed by atoms with Gasteiger partial charge in [0.05, 0.1) is 16.9 Å². The summed E-state index contributed by atoms with van der Waals surface area (Å²) in [6, 6.07) is 15.2. The van der Waals surface area contributed by atoms with Crippen molar-refractivity contribution in [2.24, 2.45) is 11.7 Å². The zero-order valence-corrected chi connectivity index (χ0v) is 17.2. The van der Waals surface area contributed by atoms with Gasteiger partial charge >= 0.3 is 0 Å². The van der Waals surface area contributed by atoms with Crippen molar-refractivity contribution in [2.45, 2.75) is 30.8 Å². The topological polar surface area (TPSA) is 101 Å². The Balaban J connectivity index is 0.00000364. The van der Waals surface area contributed by atoms with Crippen molar-refractivity contribution >= 4 is 28.3 Å². The Kier molecular flexibility index (Phi) is 8.43. The molecular weight excluding hydrogens is 386 g/mol. The fourth-order valence-corrected chi connectivity index (χ4v) is 3.41. The predicted molar refractivity (Wildman–Crippen MR) is 109 cm³/mol. The summed E-state index contributed by atoms with van der Waals surface area (Å²) in [4.78, 5) is 12.7. The third-order valence-corrected chi connectivity index (χ3v) is 5.84. The number of carbonyl (C=O) groups is 1. The summed E-state index contributed by atoms with van der Waals surface area (Å²) in [6.07, 6.45) is 0. The average molecular weight is 412 g/mol. The van der Waals surface area contributed by atoms with E-state index in [0.29, 0.717) is 5.56 Å². The number of nitrogens with one attached hydrogen (secondary N) is 2. The molecule has 0 heterocycles. The Morgan fingerprint density at radius 2 is 1.59 bits per heavy atom. The largest absolute Gasteiger partial charge is 0.349 e. The summed E-state index contributed by atoms with van der Waals surface area (Å²) in [7, 11) is -2.17. The van der Waals surface area contributed by atoms with Crippen molar-refractivity contribution in [1.29, 1.82) is 0 Å². The lowest BCUT2D eigenvalue weighted by Gasteiger charge is -2.23. The van der Waals surface area contributed by atoms with Gasteiger partial charge in [-0.2, -0.15) is 0 Å². The van der Waals surface area contributed by atoms with E-state index in [0.717, 1.165) is 5.56 Å². The maximum atomic E-state index is 12.6. The molecule has 3 unspecified atom stereocenters. The SMILES string of the molecule is CNS(=O)(=O)c1cccc(C(C)NC(=O)C(C)C(N)c2ccccc2)c1.Cl. The van der Waals surface area contributed by atoms with E-state index in [4.69, 9.17) is 5.73 Å². The summed E-state index contributed by atoms with van der Waals surface area (Å²) in [5, 5.41) is 2.91. The molecule has 0 aliphatic carbocycles. The standard InChI is InChI=1S/C19H25N3O3S.ClH/c1-13(18(20)15-8-5-4-6-9-15)19(23)22-14(2)16-10-7-11-17(12-16)26(24,25)21-3;/h4-14,18,21H,20H2,1-3H3,(H,22,23);1H. The number of benzene rings is 2. The molecule has 0 aromatic heterocycles. The smallest absolute Gasteiger partial charge is 0.240 e. The summed E-state index contributed by atoms with van der Waals surface area (Å²) in [6.45, 7) is 3.59. The van der Waals surface area contributed by atoms with Crippen molar-refractivity contribution in [3.8, 4) is 0 Å². The van der Waals surface area contributed by atoms with Gasteiger partial charge in [0.15, 0.2) is 0 Å². The number of nitrogens with two attached hydrogens (primary N) is 1. The fraction of sp³-hybridized carbons (Fsp3) is 0.316. The highest BCUT2D eigenvalue weighted by molar-refractivity contribution is 7.89. The van der Waals surface area contributed by atoms with Crippen LogP contribution in [-0.4, -0.2) is 21.4 Å². The average Bonchev–Trinajstić information content (AvgIpc) is 2.67. The Hall–Kier alpha value is -1.93. The first kappa shape index (κ1) is 23.1. The molecular formula is C19H26ClN3O3S. The van der Waals surface area contributed by atoms with Gasteiger partial charge in [-0.15, -0.1) is 12.4 Å². The van der Waals surface area contributed by atoms with Crippen molar-refractivity contribution in [2.75, 3.05) is 7.05 Å². The Bertz CT molecular complexity index is 860. The van der Waals surface area contributed by atoms with Gasteiger partial charge in [0.25, 0.3) is 0 Å². The van der Waals surface area contributed by atoms with Crippen LogP contribution in [0.5, 0.6) is 0 Å². The summed E-state index contributed by atoms with van der Waals surface area (Å²) in [5.74, 6) is -0.611. The molecule has 0 aliphatic rings. The van der Waals surface area contributed by atoms with Gasteiger partial charge in [0.1, 0.15) is 0 Å². The van der Waals surface area contributed by atoms with Crippen molar-refractivity contribution in [3.05, 3.63) is 65.7 Å². The molecule has 6 nitrogen and oxygen atoms in total. The normalized spacial score (nSPS) is 14.5. The maximum Gasteiger partial charge on any atom is 0.240 e. The molecule has 0 bridgehead atoms. The first-order chi connectivity index (χ1) is 12.3. The van der Waals surface area contributed by atoms with Crippen molar-refractivity contribution in [3.63, 3.8) is 0 Å². The first-order valence-electron chi connectivity index (χ1n) is 8.40. The lowest BCUT2D eigenvalue weighted by Crippen LogP contribution is -2.37. The van der Waals surface area contributed by atoms with Gasteiger partial charge in [0.2, 0.25) is 15.9 Å². The van der Waals surface area contributed by atoms with E-state index in [1.165, 1.54) is 13.1 Å². The molecule has 3 atom stereocenters. The molecule has 2 rings (SSSR count). The van der Waals surface area contributed by atoms with E-state index in [1.54, 1.807) is 25.1 Å². The van der Waals surface area contributed by atoms with E-state index in [1.807, 2.05) is 37.3 Å². The van der Waals surface area contributed by atoms with Crippen molar-refractivity contribution in [1.82, 2.24) is 10.0 Å². The molecule has 2 aromatic carbocycles. The van der Waals surface area contributed by atoms with Crippen LogP contribution in [0.15, 0.2) is 59.5 Å². The Morgan fingerprint density at radius 1 is 1.00 bits per heavy atom. The Morgan fingerprint density at radius 3 is 2.19 bits per heavy atom. The molecule has 0 aliphatic heterocycles. The minimum atomic E-state index is -3.53. The third kappa shape index (κ3) is 5.77. The van der Waals surface area contributed by atoms with Crippen molar-refractivity contribution < 1.29 is 13.2 Å². The maximum absolute atomic E-state index is 12.6. The molecule has 0 fully saturated rings. The molecule has 0 radical (unpaired) electrons. The number of rotatable bonds is 7. The number of hydrogen-bond acceptors (Lipinski definition) is 4. The summed E-state index contributed by atoms with van der Waals surface area (Å²) >= 11 is 0. The third-order valence-electron chi connectivity index (χ3n) is 4.43. The fourth-order valence-electron chi connectivity index (χ4n) is 2.62. The van der Waals surface area contributed by atoms with E-state index in [9.17, 15) is 13.2 Å². The minimum absolute atomic E-state index is 0. The highest BCUT2D eigenvalue weighted by Gasteiger charge is 2.24. The van der Waals surface area contributed by atoms with E-state index in [-0.39, 0.29) is 29.3 Å². The van der Waals surface area contributed by atoms with Gasteiger partial charge < -0.3 is 11.1 Å². The molecule has 0 spiro atoms. The molecule has 0 saturated carbocycles. The Labute approximate surface area is 167 Å². The van der Waals surface area contributed by atoms with Gasteiger partial charge in [-0.3, -0.25) is 4.79 Å². The number of amides is 1. The van der Waals surface area contributed by atoms with Crippen LogP contribution in [0.2, 0.25) is 0 Å². The second kappa shape index (κ2) is 9.85. The number of halogens is 1.